The van der Waals surface area contributed by atoms with Crippen molar-refractivity contribution in [3.8, 4) is 0 Å². The number of anilines is 1. The zero-order valence-electron chi connectivity index (χ0n) is 12.3. The van der Waals surface area contributed by atoms with Crippen LogP contribution in [-0.4, -0.2) is 43.0 Å². The average Bonchev–Trinajstić information content (AvgIpc) is 3.18. The molecule has 0 spiro atoms. The first kappa shape index (κ1) is 14.3. The number of aryl methyl sites for hydroxylation is 1. The van der Waals surface area contributed by atoms with E-state index in [4.69, 9.17) is 0 Å². The highest BCUT2D eigenvalue weighted by molar-refractivity contribution is 6.39. The third kappa shape index (κ3) is 2.85. The van der Waals surface area contributed by atoms with E-state index in [9.17, 15) is 9.59 Å². The molecule has 2 N–H and O–H groups in total. The summed E-state index contributed by atoms with van der Waals surface area (Å²) in [5.41, 5.74) is 0.507. The summed E-state index contributed by atoms with van der Waals surface area (Å²) in [5.74, 6) is -0.460. The minimum absolute atomic E-state index is 0.170. The number of piperidine rings is 1. The van der Waals surface area contributed by atoms with Gasteiger partial charge in [0.25, 0.3) is 0 Å². The molecule has 0 bridgehead atoms. The van der Waals surface area contributed by atoms with Crippen molar-refractivity contribution in [2.24, 2.45) is 7.05 Å². The van der Waals surface area contributed by atoms with Crippen LogP contribution in [0.25, 0.3) is 0 Å². The van der Waals surface area contributed by atoms with E-state index in [1.54, 1.807) is 35.2 Å². The van der Waals surface area contributed by atoms with Crippen molar-refractivity contribution in [3.05, 3.63) is 30.6 Å². The summed E-state index contributed by atoms with van der Waals surface area (Å²) in [6, 6.07) is -0.170. The molecule has 0 unspecified atom stereocenters. The van der Waals surface area contributed by atoms with Crippen LogP contribution in [0.2, 0.25) is 0 Å². The molecule has 1 aliphatic heterocycles. The van der Waals surface area contributed by atoms with Crippen molar-refractivity contribution in [2.75, 3.05) is 11.9 Å². The molecule has 1 atom stereocenters. The fourth-order valence-corrected chi connectivity index (χ4v) is 2.72. The maximum absolute atomic E-state index is 12.5. The molecule has 2 aromatic heterocycles. The number of rotatable bonds is 2. The molecule has 0 saturated carbocycles. The SMILES string of the molecule is Cn1cc(NC(=O)C(=O)N2CCCC[C@H]2c2ncc[nH]2)cn1. The van der Waals surface area contributed by atoms with Crippen LogP contribution in [0.15, 0.2) is 24.8 Å². The smallest absolute Gasteiger partial charge is 0.314 e. The molecule has 116 valence electrons. The molecule has 0 radical (unpaired) electrons. The molecule has 2 aromatic rings. The van der Waals surface area contributed by atoms with E-state index in [-0.39, 0.29) is 6.04 Å². The zero-order chi connectivity index (χ0) is 15.5. The molecule has 0 aliphatic carbocycles. The fourth-order valence-electron chi connectivity index (χ4n) is 2.72. The van der Waals surface area contributed by atoms with E-state index in [0.29, 0.717) is 12.2 Å². The Balaban J connectivity index is 1.72. The molecule has 3 heterocycles. The number of hydrogen-bond acceptors (Lipinski definition) is 4. The third-order valence-corrected chi connectivity index (χ3v) is 3.76. The van der Waals surface area contributed by atoms with Gasteiger partial charge in [0.1, 0.15) is 5.82 Å². The van der Waals surface area contributed by atoms with Gasteiger partial charge in [-0.3, -0.25) is 14.3 Å². The van der Waals surface area contributed by atoms with E-state index in [0.717, 1.165) is 25.1 Å². The second-order valence-corrected chi connectivity index (χ2v) is 5.34. The van der Waals surface area contributed by atoms with Gasteiger partial charge >= 0.3 is 11.8 Å². The van der Waals surface area contributed by atoms with Crippen LogP contribution in [0.5, 0.6) is 0 Å². The third-order valence-electron chi connectivity index (χ3n) is 3.76. The van der Waals surface area contributed by atoms with Gasteiger partial charge in [0.05, 0.1) is 17.9 Å². The molecule has 0 aromatic carbocycles. The van der Waals surface area contributed by atoms with E-state index in [2.05, 4.69) is 20.4 Å². The van der Waals surface area contributed by atoms with Gasteiger partial charge in [-0.2, -0.15) is 5.10 Å². The Morgan fingerprint density at radius 3 is 2.95 bits per heavy atom. The van der Waals surface area contributed by atoms with Gasteiger partial charge in [-0.15, -0.1) is 0 Å². The normalized spacial score (nSPS) is 18.2. The number of hydrogen-bond donors (Lipinski definition) is 2. The summed E-state index contributed by atoms with van der Waals surface area (Å²) in [5, 5.41) is 6.54. The monoisotopic (exact) mass is 302 g/mol. The van der Waals surface area contributed by atoms with Gasteiger partial charge in [-0.25, -0.2) is 4.98 Å². The number of nitrogens with one attached hydrogen (secondary N) is 2. The molecule has 1 aliphatic rings. The lowest BCUT2D eigenvalue weighted by Gasteiger charge is -2.33. The molecule has 1 saturated heterocycles. The Labute approximate surface area is 127 Å². The van der Waals surface area contributed by atoms with Crippen molar-refractivity contribution < 1.29 is 9.59 Å². The van der Waals surface area contributed by atoms with Gasteiger partial charge in [0, 0.05) is 32.2 Å². The number of carbonyl (C=O) groups is 2. The molecule has 8 heteroatoms. The summed E-state index contributed by atoms with van der Waals surface area (Å²) < 4.78 is 1.56. The van der Waals surface area contributed by atoms with Gasteiger partial charge in [-0.1, -0.05) is 0 Å². The predicted octanol–water partition coefficient (Wildman–Crippen LogP) is 0.835. The van der Waals surface area contributed by atoms with E-state index in [1.807, 2.05) is 0 Å². The van der Waals surface area contributed by atoms with Crippen molar-refractivity contribution in [1.82, 2.24) is 24.6 Å². The topological polar surface area (TPSA) is 95.9 Å². The van der Waals surface area contributed by atoms with Crippen LogP contribution in [0, 0.1) is 0 Å². The number of aromatic nitrogens is 4. The lowest BCUT2D eigenvalue weighted by Crippen LogP contribution is -2.44. The molecular formula is C14H18N6O2. The van der Waals surface area contributed by atoms with E-state index < -0.39 is 11.8 Å². The number of amides is 2. The highest BCUT2D eigenvalue weighted by Crippen LogP contribution is 2.28. The first-order chi connectivity index (χ1) is 10.6. The van der Waals surface area contributed by atoms with E-state index >= 15 is 0 Å². The zero-order valence-corrected chi connectivity index (χ0v) is 12.3. The summed E-state index contributed by atoms with van der Waals surface area (Å²) >= 11 is 0. The maximum Gasteiger partial charge on any atom is 0.314 e. The van der Waals surface area contributed by atoms with E-state index in [1.165, 1.54) is 6.20 Å². The first-order valence-electron chi connectivity index (χ1n) is 7.25. The fraction of sp³-hybridized carbons (Fsp3) is 0.429. The van der Waals surface area contributed by atoms with Crippen molar-refractivity contribution >= 4 is 17.5 Å². The van der Waals surface area contributed by atoms with Crippen LogP contribution < -0.4 is 5.32 Å². The highest BCUT2D eigenvalue weighted by atomic mass is 16.2. The Kier molecular flexibility index (Phi) is 3.90. The largest absolute Gasteiger partial charge is 0.347 e. The molecule has 3 rings (SSSR count). The number of imidazole rings is 1. The van der Waals surface area contributed by atoms with Crippen LogP contribution >= 0.6 is 0 Å². The number of H-pyrrole nitrogens is 1. The predicted molar refractivity (Wildman–Crippen MR) is 78.7 cm³/mol. The highest BCUT2D eigenvalue weighted by Gasteiger charge is 2.33. The van der Waals surface area contributed by atoms with Crippen LogP contribution in [0.4, 0.5) is 5.69 Å². The molecule has 8 nitrogen and oxygen atoms in total. The Morgan fingerprint density at radius 2 is 2.27 bits per heavy atom. The van der Waals surface area contributed by atoms with Crippen LogP contribution in [-0.2, 0) is 16.6 Å². The van der Waals surface area contributed by atoms with Gasteiger partial charge in [0.15, 0.2) is 0 Å². The minimum Gasteiger partial charge on any atom is -0.347 e. The summed E-state index contributed by atoms with van der Waals surface area (Å²) in [4.78, 5) is 33.5. The second kappa shape index (κ2) is 6.00. The summed E-state index contributed by atoms with van der Waals surface area (Å²) in [6.07, 6.45) is 9.24. The van der Waals surface area contributed by atoms with Crippen molar-refractivity contribution in [3.63, 3.8) is 0 Å². The quantitative estimate of drug-likeness (QED) is 0.803. The molecule has 22 heavy (non-hydrogen) atoms. The number of carbonyl (C=O) groups excluding carboxylic acids is 2. The average molecular weight is 302 g/mol. The summed E-state index contributed by atoms with van der Waals surface area (Å²) in [6.45, 7) is 0.560. The number of nitrogens with zero attached hydrogens (tertiary/aromatic N) is 4. The first-order valence-corrected chi connectivity index (χ1v) is 7.25. The Hall–Kier alpha value is -2.64. The minimum atomic E-state index is -0.647. The lowest BCUT2D eigenvalue weighted by molar-refractivity contribution is -0.146. The number of aromatic amines is 1. The number of likely N-dealkylation sites (tertiary alicyclic amines) is 1. The van der Waals surface area contributed by atoms with Gasteiger partial charge < -0.3 is 15.2 Å². The van der Waals surface area contributed by atoms with Crippen molar-refractivity contribution in [1.29, 1.82) is 0 Å². The van der Waals surface area contributed by atoms with Crippen molar-refractivity contribution in [2.45, 2.75) is 25.3 Å². The van der Waals surface area contributed by atoms with Crippen LogP contribution in [0.1, 0.15) is 31.1 Å². The standard InChI is InChI=1S/C14H18N6O2/c1-19-9-10(8-17-19)18-13(21)14(22)20-7-3-2-4-11(20)12-15-5-6-16-12/h5-6,8-9,11H,2-4,7H2,1H3,(H,15,16)(H,18,21)/t11-/m0/s1. The van der Waals surface area contributed by atoms with Crippen LogP contribution in [0.3, 0.4) is 0 Å². The Bertz CT molecular complexity index is 663. The molecule has 1 fully saturated rings. The second-order valence-electron chi connectivity index (χ2n) is 5.34. The maximum atomic E-state index is 12.5. The van der Waals surface area contributed by atoms with Gasteiger partial charge in [0.2, 0.25) is 0 Å². The molecule has 2 amide bonds. The summed E-state index contributed by atoms with van der Waals surface area (Å²) in [7, 11) is 1.75. The van der Waals surface area contributed by atoms with Gasteiger partial charge in [-0.05, 0) is 19.3 Å². The lowest BCUT2D eigenvalue weighted by atomic mass is 10.0. The molecular weight excluding hydrogens is 284 g/mol. The Morgan fingerprint density at radius 1 is 1.41 bits per heavy atom.